The van der Waals surface area contributed by atoms with Gasteiger partial charge in [-0.2, -0.15) is 17.9 Å². The fourth-order valence-electron chi connectivity index (χ4n) is 3.68. The molecule has 184 valence electrons. The van der Waals surface area contributed by atoms with Crippen LogP contribution in [0, 0.1) is 0 Å². The molecular weight excluding hydrogens is 510 g/mol. The van der Waals surface area contributed by atoms with Crippen LogP contribution in [0.1, 0.15) is 30.5 Å². The summed E-state index contributed by atoms with van der Waals surface area (Å²) in [4.78, 5) is 0.0733. The highest BCUT2D eigenvalue weighted by atomic mass is 35.5. The summed E-state index contributed by atoms with van der Waals surface area (Å²) >= 11 is 5.95. The molecule has 3 aromatic carbocycles. The maximum absolute atomic E-state index is 13.6. The van der Waals surface area contributed by atoms with Crippen molar-refractivity contribution in [3.8, 4) is 5.75 Å². The molecule has 0 saturated carbocycles. The first kappa shape index (κ1) is 25.0. The Hall–Kier alpha value is -3.08. The molecule has 35 heavy (non-hydrogen) atoms. The first-order valence-electron chi connectivity index (χ1n) is 10.8. The van der Waals surface area contributed by atoms with E-state index in [-0.39, 0.29) is 10.6 Å². The van der Waals surface area contributed by atoms with Crippen LogP contribution < -0.4 is 9.46 Å². The number of rotatable bonds is 8. The van der Waals surface area contributed by atoms with Gasteiger partial charge < -0.3 is 4.74 Å². The van der Waals surface area contributed by atoms with Crippen LogP contribution in [0.5, 0.6) is 5.75 Å². The van der Waals surface area contributed by atoms with Crippen molar-refractivity contribution in [1.29, 1.82) is 0 Å². The van der Waals surface area contributed by atoms with Gasteiger partial charge in [0.25, 0.3) is 10.0 Å². The van der Waals surface area contributed by atoms with Crippen molar-refractivity contribution in [2.24, 2.45) is 5.10 Å². The Bertz CT molecular complexity index is 1460. The number of hydrogen-bond acceptors (Lipinski definition) is 6. The topological polar surface area (TPSA) is 105 Å². The Balaban J connectivity index is 1.73. The van der Waals surface area contributed by atoms with Crippen LogP contribution >= 0.6 is 11.6 Å². The number of methoxy groups -OCH3 is 1. The second-order valence-corrected chi connectivity index (χ2v) is 12.1. The average molecular weight is 534 g/mol. The van der Waals surface area contributed by atoms with Gasteiger partial charge >= 0.3 is 0 Å². The maximum Gasteiger partial charge on any atom is 0.279 e. The summed E-state index contributed by atoms with van der Waals surface area (Å²) in [6, 6.07) is 19.2. The van der Waals surface area contributed by atoms with E-state index in [1.54, 1.807) is 56.5 Å². The highest BCUT2D eigenvalue weighted by molar-refractivity contribution is 7.92. The van der Waals surface area contributed by atoms with Gasteiger partial charge in [0.2, 0.25) is 10.0 Å². The van der Waals surface area contributed by atoms with Crippen LogP contribution in [0.15, 0.2) is 82.8 Å². The summed E-state index contributed by atoms with van der Waals surface area (Å²) < 4.78 is 59.8. The van der Waals surface area contributed by atoms with E-state index < -0.39 is 26.1 Å². The summed E-state index contributed by atoms with van der Waals surface area (Å²) in [5.41, 5.74) is 2.39. The number of sulfonamides is 2. The lowest BCUT2D eigenvalue weighted by atomic mass is 9.99. The van der Waals surface area contributed by atoms with Crippen molar-refractivity contribution in [3.05, 3.63) is 88.9 Å². The van der Waals surface area contributed by atoms with Crippen molar-refractivity contribution < 1.29 is 21.6 Å². The Morgan fingerprint density at radius 2 is 1.71 bits per heavy atom. The number of halogens is 1. The molecule has 1 aliphatic heterocycles. The summed E-state index contributed by atoms with van der Waals surface area (Å²) in [5, 5.41) is 4.94. The number of hydrogen-bond donors (Lipinski definition) is 1. The van der Waals surface area contributed by atoms with Crippen molar-refractivity contribution in [2.75, 3.05) is 17.6 Å². The van der Waals surface area contributed by atoms with Crippen molar-refractivity contribution in [1.82, 2.24) is 4.41 Å². The highest BCUT2D eigenvalue weighted by Crippen LogP contribution is 2.38. The molecule has 1 heterocycles. The van der Waals surface area contributed by atoms with E-state index in [1.165, 1.54) is 24.3 Å². The van der Waals surface area contributed by atoms with E-state index >= 15 is 0 Å². The average Bonchev–Trinajstić information content (AvgIpc) is 3.31. The molecule has 0 saturated heterocycles. The monoisotopic (exact) mass is 533 g/mol. The number of hydrazone groups is 1. The van der Waals surface area contributed by atoms with Gasteiger partial charge in [0.15, 0.2) is 0 Å². The minimum atomic E-state index is -3.99. The van der Waals surface area contributed by atoms with Gasteiger partial charge in [-0.1, -0.05) is 35.9 Å². The van der Waals surface area contributed by atoms with Gasteiger partial charge in [0, 0.05) is 17.1 Å². The van der Waals surface area contributed by atoms with Gasteiger partial charge in [-0.25, -0.2) is 8.42 Å². The minimum absolute atomic E-state index is 0.0405. The Labute approximate surface area is 210 Å². The molecule has 0 aliphatic carbocycles. The Kier molecular flexibility index (Phi) is 7.07. The SMILES string of the molecule is CCS(=O)(=O)Nc1ccc(C2=NN(S(=O)(=O)c3ccc(Cl)cc3)[C@@H](c3cccc(OC)c3)C2)cc1. The van der Waals surface area contributed by atoms with E-state index in [4.69, 9.17) is 16.3 Å². The van der Waals surface area contributed by atoms with E-state index in [9.17, 15) is 16.8 Å². The summed E-state index contributed by atoms with van der Waals surface area (Å²) in [6.07, 6.45) is 0.319. The number of benzene rings is 3. The zero-order valence-corrected chi connectivity index (χ0v) is 21.4. The number of nitrogens with zero attached hydrogens (tertiary/aromatic N) is 2. The first-order chi connectivity index (χ1) is 16.6. The molecule has 4 rings (SSSR count). The number of nitrogens with one attached hydrogen (secondary N) is 1. The van der Waals surface area contributed by atoms with Crippen LogP contribution in [0.25, 0.3) is 0 Å². The fourth-order valence-corrected chi connectivity index (χ4v) is 5.88. The maximum atomic E-state index is 13.6. The third-order valence-electron chi connectivity index (χ3n) is 5.58. The van der Waals surface area contributed by atoms with Gasteiger partial charge in [0.1, 0.15) is 5.75 Å². The molecule has 0 fully saturated rings. The zero-order valence-electron chi connectivity index (χ0n) is 19.0. The predicted molar refractivity (Wildman–Crippen MR) is 137 cm³/mol. The number of anilines is 1. The van der Waals surface area contributed by atoms with E-state index in [2.05, 4.69) is 9.82 Å². The second kappa shape index (κ2) is 9.88. The lowest BCUT2D eigenvalue weighted by molar-refractivity contribution is 0.368. The van der Waals surface area contributed by atoms with Crippen LogP contribution in [-0.4, -0.2) is 39.8 Å². The smallest absolute Gasteiger partial charge is 0.279 e. The molecular formula is C24H24ClN3O5S2. The molecule has 1 aliphatic rings. The molecule has 0 bridgehead atoms. The van der Waals surface area contributed by atoms with Crippen molar-refractivity contribution >= 4 is 43.0 Å². The second-order valence-electron chi connectivity index (χ2n) is 7.86. The first-order valence-corrected chi connectivity index (χ1v) is 14.2. The van der Waals surface area contributed by atoms with Gasteiger partial charge in [-0.3, -0.25) is 4.72 Å². The Morgan fingerprint density at radius 1 is 1.03 bits per heavy atom. The lowest BCUT2D eigenvalue weighted by Crippen LogP contribution is -2.27. The Morgan fingerprint density at radius 3 is 2.34 bits per heavy atom. The van der Waals surface area contributed by atoms with Crippen LogP contribution in [0.4, 0.5) is 5.69 Å². The third-order valence-corrected chi connectivity index (χ3v) is 8.84. The van der Waals surface area contributed by atoms with Gasteiger partial charge in [-0.05, 0) is 66.6 Å². The summed E-state index contributed by atoms with van der Waals surface area (Å²) in [5.74, 6) is 0.564. The molecule has 0 amide bonds. The number of ether oxygens (including phenoxy) is 1. The molecule has 1 N–H and O–H groups in total. The lowest BCUT2D eigenvalue weighted by Gasteiger charge is -2.23. The molecule has 0 radical (unpaired) electrons. The van der Waals surface area contributed by atoms with Gasteiger partial charge in [0.05, 0.1) is 29.5 Å². The van der Waals surface area contributed by atoms with Crippen LogP contribution in [-0.2, 0) is 20.0 Å². The molecule has 0 spiro atoms. The molecule has 11 heteroatoms. The largest absolute Gasteiger partial charge is 0.497 e. The molecule has 8 nitrogen and oxygen atoms in total. The summed E-state index contributed by atoms with van der Waals surface area (Å²) in [7, 11) is -5.85. The highest BCUT2D eigenvalue weighted by Gasteiger charge is 2.38. The normalized spacial score (nSPS) is 16.1. The standard InChI is InChI=1S/C24H24ClN3O5S2/c1-3-34(29,30)27-20-11-7-17(8-12-20)23-16-24(18-5-4-6-21(15-18)33-2)28(26-23)35(31,32)22-13-9-19(25)10-14-22/h4-15,24,27H,3,16H2,1-2H3/t24-/m1/s1. The molecule has 1 atom stereocenters. The zero-order chi connectivity index (χ0) is 25.2. The van der Waals surface area contributed by atoms with E-state index in [1.807, 2.05) is 6.07 Å². The van der Waals surface area contributed by atoms with Crippen LogP contribution in [0.2, 0.25) is 5.02 Å². The van der Waals surface area contributed by atoms with Crippen molar-refractivity contribution in [3.63, 3.8) is 0 Å². The quantitative estimate of drug-likeness (QED) is 0.453. The molecule has 0 aromatic heterocycles. The van der Waals surface area contributed by atoms with Gasteiger partial charge in [-0.15, -0.1) is 0 Å². The summed E-state index contributed by atoms with van der Waals surface area (Å²) in [6.45, 7) is 1.55. The van der Waals surface area contributed by atoms with E-state index in [0.29, 0.717) is 34.2 Å². The fraction of sp³-hybridized carbons (Fsp3) is 0.208. The van der Waals surface area contributed by atoms with Crippen LogP contribution in [0.3, 0.4) is 0 Å². The molecule has 3 aromatic rings. The third kappa shape index (κ3) is 5.44. The minimum Gasteiger partial charge on any atom is -0.497 e. The van der Waals surface area contributed by atoms with Crippen molar-refractivity contribution in [2.45, 2.75) is 24.3 Å². The van der Waals surface area contributed by atoms with E-state index in [0.717, 1.165) is 9.98 Å². The predicted octanol–water partition coefficient (Wildman–Crippen LogP) is 4.65. The molecule has 0 unspecified atom stereocenters.